The first-order chi connectivity index (χ1) is 15.5. The van der Waals surface area contributed by atoms with Crippen molar-refractivity contribution in [3.05, 3.63) is 65.2 Å². The molecule has 1 aliphatic heterocycles. The van der Waals surface area contributed by atoms with Crippen molar-refractivity contribution in [2.24, 2.45) is 5.41 Å². The molecule has 1 N–H and O–H groups in total. The zero-order valence-electron chi connectivity index (χ0n) is 19.1. The number of rotatable bonds is 6. The summed E-state index contributed by atoms with van der Waals surface area (Å²) >= 11 is 0. The van der Waals surface area contributed by atoms with Crippen molar-refractivity contribution in [1.29, 1.82) is 0 Å². The Hall–Kier alpha value is -2.20. The maximum atomic E-state index is 14.0. The van der Waals surface area contributed by atoms with Gasteiger partial charge in [0.05, 0.1) is 0 Å². The zero-order valence-corrected chi connectivity index (χ0v) is 19.1. The van der Waals surface area contributed by atoms with Crippen LogP contribution >= 0.6 is 0 Å². The minimum atomic E-state index is -5.94. The lowest BCUT2D eigenvalue weighted by molar-refractivity contribution is -0.403. The Kier molecular flexibility index (Phi) is 6.82. The molecule has 0 spiro atoms. The van der Waals surface area contributed by atoms with E-state index in [-0.39, 0.29) is 13.0 Å². The van der Waals surface area contributed by atoms with Crippen LogP contribution in [0, 0.1) is 18.2 Å². The quantitative estimate of drug-likeness (QED) is 0.507. The number of aryl methyl sites for hydroxylation is 2. The second-order valence-corrected chi connectivity index (χ2v) is 9.53. The summed E-state index contributed by atoms with van der Waals surface area (Å²) in [5.41, 5.74) is -6.67. The van der Waals surface area contributed by atoms with Gasteiger partial charge in [0.1, 0.15) is 5.82 Å². The van der Waals surface area contributed by atoms with Crippen LogP contribution in [0.1, 0.15) is 43.5 Å². The molecule has 2 heterocycles. The lowest BCUT2D eigenvalue weighted by atomic mass is 9.66. The monoisotopic (exact) mass is 492 g/mol. The van der Waals surface area contributed by atoms with E-state index in [1.165, 1.54) is 17.0 Å². The van der Waals surface area contributed by atoms with E-state index in [0.717, 1.165) is 17.8 Å². The molecule has 0 bridgehead atoms. The maximum absolute atomic E-state index is 14.0. The Morgan fingerprint density at radius 1 is 0.971 bits per heavy atom. The third-order valence-electron chi connectivity index (χ3n) is 7.16. The highest BCUT2D eigenvalue weighted by Crippen LogP contribution is 2.59. The van der Waals surface area contributed by atoms with Gasteiger partial charge in [-0.15, -0.1) is 0 Å². The molecule has 188 valence electrons. The second-order valence-electron chi connectivity index (χ2n) is 9.53. The molecule has 0 radical (unpaired) electrons. The molecule has 10 heteroatoms. The standard InChI is InChI=1S/C24H27F7N2O/c1-16-4-7-18(14-32-16)20(2,3)33-13-12-21(15-33,11-10-17-5-8-19(25)9-6-17)22(34,23(26,27)28)24(29,30)31/h4-9,14,34H,10-13,15H2,1-3H3. The van der Waals surface area contributed by atoms with Crippen molar-refractivity contribution in [2.75, 3.05) is 13.1 Å². The number of hydrogen-bond donors (Lipinski definition) is 1. The fraction of sp³-hybridized carbons (Fsp3) is 0.542. The fourth-order valence-corrected chi connectivity index (χ4v) is 4.84. The SMILES string of the molecule is Cc1ccc(C(C)(C)N2CCC(CCc3ccc(F)cc3)(C(O)(C(F)(F)F)C(F)(F)F)C2)cn1. The van der Waals surface area contributed by atoms with Crippen molar-refractivity contribution >= 4 is 0 Å². The third-order valence-corrected chi connectivity index (χ3v) is 7.16. The largest absolute Gasteiger partial charge is 0.426 e. The fourth-order valence-electron chi connectivity index (χ4n) is 4.84. The van der Waals surface area contributed by atoms with Crippen LogP contribution in [0.5, 0.6) is 0 Å². The first kappa shape index (κ1) is 26.4. The van der Waals surface area contributed by atoms with Crippen LogP contribution in [0.15, 0.2) is 42.6 Å². The molecule has 0 saturated carbocycles. The third kappa shape index (κ3) is 4.54. The minimum absolute atomic E-state index is 0.0846. The summed E-state index contributed by atoms with van der Waals surface area (Å²) < 4.78 is 97.3. The van der Waals surface area contributed by atoms with Gasteiger partial charge in [-0.05, 0) is 75.9 Å². The van der Waals surface area contributed by atoms with Crippen LogP contribution in [0.4, 0.5) is 30.7 Å². The van der Waals surface area contributed by atoms with E-state index in [1.54, 1.807) is 39.1 Å². The number of hydrogen-bond acceptors (Lipinski definition) is 3. The van der Waals surface area contributed by atoms with Gasteiger partial charge in [-0.1, -0.05) is 18.2 Å². The number of benzene rings is 1. The Labute approximate surface area is 193 Å². The lowest BCUT2D eigenvalue weighted by Gasteiger charge is -2.47. The van der Waals surface area contributed by atoms with E-state index in [9.17, 15) is 35.8 Å². The van der Waals surface area contributed by atoms with Gasteiger partial charge in [-0.3, -0.25) is 9.88 Å². The maximum Gasteiger partial charge on any atom is 0.426 e. The van der Waals surface area contributed by atoms with E-state index in [0.29, 0.717) is 11.1 Å². The van der Waals surface area contributed by atoms with Crippen molar-refractivity contribution < 1.29 is 35.8 Å². The Bertz CT molecular complexity index is 970. The predicted octanol–water partition coefficient (Wildman–Crippen LogP) is 5.94. The molecular weight excluding hydrogens is 465 g/mol. The molecule has 1 unspecified atom stereocenters. The first-order valence-electron chi connectivity index (χ1n) is 10.8. The lowest BCUT2D eigenvalue weighted by Crippen LogP contribution is -2.68. The smallest absolute Gasteiger partial charge is 0.373 e. The Morgan fingerprint density at radius 3 is 2.06 bits per heavy atom. The van der Waals surface area contributed by atoms with Crippen molar-refractivity contribution in [1.82, 2.24) is 9.88 Å². The van der Waals surface area contributed by atoms with Crippen LogP contribution in [-0.2, 0) is 12.0 Å². The number of alkyl halides is 6. The molecule has 1 aliphatic rings. The molecule has 0 aliphatic carbocycles. The molecule has 1 fully saturated rings. The van der Waals surface area contributed by atoms with Gasteiger partial charge in [0.15, 0.2) is 0 Å². The van der Waals surface area contributed by atoms with Gasteiger partial charge in [0.25, 0.3) is 5.60 Å². The number of halogens is 7. The highest BCUT2D eigenvalue weighted by molar-refractivity contribution is 5.24. The number of aromatic nitrogens is 1. The van der Waals surface area contributed by atoms with Crippen LogP contribution < -0.4 is 0 Å². The van der Waals surface area contributed by atoms with Crippen LogP contribution in [0.3, 0.4) is 0 Å². The van der Waals surface area contributed by atoms with Gasteiger partial charge in [0, 0.05) is 29.4 Å². The van der Waals surface area contributed by atoms with E-state index in [4.69, 9.17) is 0 Å². The number of nitrogens with zero attached hydrogens (tertiary/aromatic N) is 2. The van der Waals surface area contributed by atoms with E-state index < -0.39 is 54.1 Å². The summed E-state index contributed by atoms with van der Waals surface area (Å²) in [7, 11) is 0. The van der Waals surface area contributed by atoms with Gasteiger partial charge in [0.2, 0.25) is 0 Å². The molecule has 3 nitrogen and oxygen atoms in total. The molecule has 3 rings (SSSR count). The zero-order chi connectivity index (χ0) is 25.6. The molecular formula is C24H27F7N2O. The highest BCUT2D eigenvalue weighted by Gasteiger charge is 2.79. The summed E-state index contributed by atoms with van der Waals surface area (Å²) in [5.74, 6) is -0.568. The van der Waals surface area contributed by atoms with E-state index in [1.807, 2.05) is 0 Å². The van der Waals surface area contributed by atoms with Crippen molar-refractivity contribution in [3.63, 3.8) is 0 Å². The molecule has 1 aromatic carbocycles. The highest BCUT2D eigenvalue weighted by atomic mass is 19.4. The summed E-state index contributed by atoms with van der Waals surface area (Å²) in [6.07, 6.45) is -11.6. The van der Waals surface area contributed by atoms with Gasteiger partial charge >= 0.3 is 12.4 Å². The summed E-state index contributed by atoms with van der Waals surface area (Å²) in [4.78, 5) is 5.73. The Balaban J connectivity index is 2.03. The molecule has 34 heavy (non-hydrogen) atoms. The average molecular weight is 492 g/mol. The molecule has 1 atom stereocenters. The van der Waals surface area contributed by atoms with E-state index in [2.05, 4.69) is 4.98 Å². The Morgan fingerprint density at radius 2 is 1.56 bits per heavy atom. The van der Waals surface area contributed by atoms with E-state index >= 15 is 0 Å². The number of pyridine rings is 1. The predicted molar refractivity (Wildman–Crippen MR) is 112 cm³/mol. The van der Waals surface area contributed by atoms with Crippen LogP contribution in [0.25, 0.3) is 0 Å². The molecule has 1 aromatic heterocycles. The second kappa shape index (κ2) is 8.78. The van der Waals surface area contributed by atoms with Crippen LogP contribution in [-0.4, -0.2) is 46.0 Å². The van der Waals surface area contributed by atoms with Crippen molar-refractivity contribution in [2.45, 2.75) is 63.5 Å². The number of aliphatic hydroxyl groups is 1. The van der Waals surface area contributed by atoms with Gasteiger partial charge in [-0.2, -0.15) is 26.3 Å². The molecule has 0 amide bonds. The molecule has 1 saturated heterocycles. The van der Waals surface area contributed by atoms with Crippen LogP contribution in [0.2, 0.25) is 0 Å². The van der Waals surface area contributed by atoms with Gasteiger partial charge < -0.3 is 5.11 Å². The van der Waals surface area contributed by atoms with Gasteiger partial charge in [-0.25, -0.2) is 4.39 Å². The normalized spacial score (nSPS) is 20.7. The number of likely N-dealkylation sites (tertiary alicyclic amines) is 1. The summed E-state index contributed by atoms with van der Waals surface area (Å²) in [5, 5.41) is 10.5. The summed E-state index contributed by atoms with van der Waals surface area (Å²) in [6.45, 7) is 4.45. The molecule has 2 aromatic rings. The first-order valence-corrected chi connectivity index (χ1v) is 10.8. The minimum Gasteiger partial charge on any atom is -0.373 e. The van der Waals surface area contributed by atoms with Crippen molar-refractivity contribution in [3.8, 4) is 0 Å². The average Bonchev–Trinajstić information content (AvgIpc) is 3.18. The topological polar surface area (TPSA) is 36.4 Å². The summed E-state index contributed by atoms with van der Waals surface area (Å²) in [6, 6.07) is 8.28.